The van der Waals surface area contributed by atoms with E-state index in [-0.39, 0.29) is 25.2 Å². The molecule has 0 aromatic heterocycles. The van der Waals surface area contributed by atoms with E-state index in [4.69, 9.17) is 14.2 Å². The Morgan fingerprint density at radius 1 is 1.29 bits per heavy atom. The average Bonchev–Trinajstić information content (AvgIpc) is 3.32. The van der Waals surface area contributed by atoms with Gasteiger partial charge in [0.05, 0.1) is 12.2 Å². The molecule has 1 saturated heterocycles. The molecule has 1 unspecified atom stereocenters. The van der Waals surface area contributed by atoms with Crippen molar-refractivity contribution in [3.63, 3.8) is 0 Å². The summed E-state index contributed by atoms with van der Waals surface area (Å²) in [6, 6.07) is 0. The molecule has 0 bridgehead atoms. The molecular formula is C31H44F2O5. The van der Waals surface area contributed by atoms with Gasteiger partial charge in [-0.3, -0.25) is 4.79 Å². The number of fused-ring (bicyclic) bond motifs is 7. The molecule has 1 aliphatic heterocycles. The predicted octanol–water partition coefficient (Wildman–Crippen LogP) is 5.81. The second-order valence-corrected chi connectivity index (χ2v) is 13.1. The summed E-state index contributed by atoms with van der Waals surface area (Å²) in [4.78, 5) is 14.0. The van der Waals surface area contributed by atoms with E-state index in [0.717, 1.165) is 12.8 Å². The summed E-state index contributed by atoms with van der Waals surface area (Å²) in [6.45, 7) is 14.1. The third kappa shape index (κ3) is 3.71. The fraction of sp³-hybridized carbons (Fsp3) is 0.774. The number of Topliss-reactive ketones (excluding diaryl/α,β-unsaturated/α-hetero) is 1. The van der Waals surface area contributed by atoms with Gasteiger partial charge >= 0.3 is 0 Å². The molecule has 212 valence electrons. The molecule has 0 aromatic carbocycles. The predicted molar refractivity (Wildman–Crippen MR) is 141 cm³/mol. The van der Waals surface area contributed by atoms with Crippen molar-refractivity contribution in [1.82, 2.24) is 0 Å². The van der Waals surface area contributed by atoms with Crippen molar-refractivity contribution < 1.29 is 32.9 Å². The summed E-state index contributed by atoms with van der Waals surface area (Å²) < 4.78 is 52.0. The number of hydrogen-bond acceptors (Lipinski definition) is 5. The Hall–Kier alpha value is -1.41. The third-order valence-electron chi connectivity index (χ3n) is 10.5. The number of hydrogen-bond donors (Lipinski definition) is 1. The van der Waals surface area contributed by atoms with E-state index < -0.39 is 58.6 Å². The Balaban J connectivity index is 1.53. The number of ketones is 1. The van der Waals surface area contributed by atoms with E-state index in [0.29, 0.717) is 36.5 Å². The van der Waals surface area contributed by atoms with Gasteiger partial charge in [0.25, 0.3) is 0 Å². The van der Waals surface area contributed by atoms with E-state index in [1.54, 1.807) is 25.2 Å². The second-order valence-electron chi connectivity index (χ2n) is 13.1. The summed E-state index contributed by atoms with van der Waals surface area (Å²) in [6.07, 6.45) is 3.74. The number of alkyl halides is 2. The molecule has 0 radical (unpaired) electrons. The Bertz CT molecular complexity index is 1040. The van der Waals surface area contributed by atoms with Crippen LogP contribution in [0.25, 0.3) is 0 Å². The largest absolute Gasteiger partial charge is 0.390 e. The van der Waals surface area contributed by atoms with E-state index in [2.05, 4.69) is 20.4 Å². The van der Waals surface area contributed by atoms with Gasteiger partial charge in [-0.05, 0) is 62.0 Å². The van der Waals surface area contributed by atoms with Crippen molar-refractivity contribution in [1.29, 1.82) is 0 Å². The molecule has 4 fully saturated rings. The van der Waals surface area contributed by atoms with Crippen LogP contribution in [0.3, 0.4) is 0 Å². The summed E-state index contributed by atoms with van der Waals surface area (Å²) in [7, 11) is 0. The van der Waals surface area contributed by atoms with Crippen LogP contribution in [-0.2, 0) is 19.0 Å². The topological polar surface area (TPSA) is 65.0 Å². The van der Waals surface area contributed by atoms with Crippen LogP contribution in [-0.4, -0.2) is 60.0 Å². The molecule has 5 aliphatic rings. The average molecular weight is 535 g/mol. The van der Waals surface area contributed by atoms with Gasteiger partial charge in [-0.1, -0.05) is 58.9 Å². The number of rotatable bonds is 8. The number of allylic oxidation sites excluding steroid dienone is 5. The molecule has 4 aliphatic carbocycles. The van der Waals surface area contributed by atoms with Gasteiger partial charge < -0.3 is 19.3 Å². The first-order valence-electron chi connectivity index (χ1n) is 14.4. The zero-order valence-corrected chi connectivity index (χ0v) is 23.5. The molecule has 3 saturated carbocycles. The summed E-state index contributed by atoms with van der Waals surface area (Å²) in [5, 5.41) is 11.7. The van der Waals surface area contributed by atoms with Gasteiger partial charge in [0.1, 0.15) is 12.8 Å². The van der Waals surface area contributed by atoms with Crippen LogP contribution in [0.2, 0.25) is 0 Å². The maximum Gasteiger partial charge on any atom is 0.193 e. The summed E-state index contributed by atoms with van der Waals surface area (Å²) in [5.41, 5.74) is -4.74. The molecule has 0 amide bonds. The van der Waals surface area contributed by atoms with Crippen molar-refractivity contribution in [3.05, 3.63) is 36.0 Å². The Morgan fingerprint density at radius 3 is 2.71 bits per heavy atom. The highest BCUT2D eigenvalue weighted by atomic mass is 19.1. The molecule has 5 rings (SSSR count). The highest BCUT2D eigenvalue weighted by Gasteiger charge is 2.79. The lowest BCUT2D eigenvalue weighted by Gasteiger charge is -2.63. The molecule has 1 N–H and O–H groups in total. The standard InChI is InChI=1S/C31H44F2O5/c1-7-8-27-37-26-15-20-21-14-23(32)22-13-19(4)9-11-28(22,5)30(21,33)24(34)16-29(20,6)31(26,38-27)25(35)17-36-12-10-18(2)3/h9,11,13,18,20-21,23-24,26-27,34H,4,7-8,10,12,14-17H2,1-3,5-6H3/t20-,21-,23-,24-,26+,27?,28-,29-,30-,31+/m0/s1. The quantitative estimate of drug-likeness (QED) is 0.398. The second kappa shape index (κ2) is 9.60. The molecule has 5 nitrogen and oxygen atoms in total. The van der Waals surface area contributed by atoms with Crippen LogP contribution in [0.5, 0.6) is 0 Å². The van der Waals surface area contributed by atoms with Crippen LogP contribution in [0.4, 0.5) is 8.78 Å². The number of halogens is 2. The number of carbonyl (C=O) groups is 1. The fourth-order valence-corrected chi connectivity index (χ4v) is 8.55. The van der Waals surface area contributed by atoms with E-state index in [1.807, 2.05) is 13.8 Å². The van der Waals surface area contributed by atoms with Crippen LogP contribution in [0.15, 0.2) is 36.0 Å². The smallest absolute Gasteiger partial charge is 0.193 e. The molecule has 1 heterocycles. The molecule has 0 aromatic rings. The van der Waals surface area contributed by atoms with Crippen molar-refractivity contribution in [2.24, 2.45) is 28.6 Å². The number of ether oxygens (including phenoxy) is 3. The number of carbonyl (C=O) groups excluding carboxylic acids is 1. The number of aliphatic hydroxyl groups excluding tert-OH is 1. The van der Waals surface area contributed by atoms with Crippen LogP contribution in [0.1, 0.15) is 73.1 Å². The van der Waals surface area contributed by atoms with Gasteiger partial charge in [-0.15, -0.1) is 0 Å². The Kier molecular flexibility index (Phi) is 7.11. The van der Waals surface area contributed by atoms with Gasteiger partial charge in [-0.2, -0.15) is 0 Å². The van der Waals surface area contributed by atoms with E-state index in [1.165, 1.54) is 0 Å². The van der Waals surface area contributed by atoms with Gasteiger partial charge in [0.15, 0.2) is 23.3 Å². The summed E-state index contributed by atoms with van der Waals surface area (Å²) >= 11 is 0. The normalized spacial score (nSPS) is 47.4. The highest BCUT2D eigenvalue weighted by molar-refractivity contribution is 5.91. The van der Waals surface area contributed by atoms with Crippen LogP contribution < -0.4 is 0 Å². The van der Waals surface area contributed by atoms with Crippen LogP contribution in [0, 0.1) is 28.6 Å². The van der Waals surface area contributed by atoms with Gasteiger partial charge in [0.2, 0.25) is 0 Å². The first-order valence-corrected chi connectivity index (χ1v) is 14.4. The first kappa shape index (κ1) is 28.1. The number of aliphatic hydroxyl groups is 1. The fourth-order valence-electron chi connectivity index (χ4n) is 8.55. The van der Waals surface area contributed by atoms with E-state index >= 15 is 8.78 Å². The Labute approximate surface area is 225 Å². The zero-order chi connectivity index (χ0) is 27.7. The van der Waals surface area contributed by atoms with Gasteiger partial charge in [-0.25, -0.2) is 8.78 Å². The zero-order valence-electron chi connectivity index (χ0n) is 23.5. The highest BCUT2D eigenvalue weighted by Crippen LogP contribution is 2.72. The van der Waals surface area contributed by atoms with Crippen molar-refractivity contribution in [3.8, 4) is 0 Å². The Morgan fingerprint density at radius 2 is 2.03 bits per heavy atom. The lowest BCUT2D eigenvalue weighted by atomic mass is 9.44. The minimum Gasteiger partial charge on any atom is -0.390 e. The van der Waals surface area contributed by atoms with Gasteiger partial charge in [0, 0.05) is 23.4 Å². The minimum absolute atomic E-state index is 0.0235. The van der Waals surface area contributed by atoms with Crippen molar-refractivity contribution >= 4 is 5.78 Å². The molecule has 7 heteroatoms. The first-order chi connectivity index (χ1) is 17.8. The third-order valence-corrected chi connectivity index (χ3v) is 10.5. The van der Waals surface area contributed by atoms with Crippen LogP contribution >= 0.6 is 0 Å². The monoisotopic (exact) mass is 534 g/mol. The molecule has 38 heavy (non-hydrogen) atoms. The lowest BCUT2D eigenvalue weighted by molar-refractivity contribution is -0.235. The maximum absolute atomic E-state index is 17.5. The SMILES string of the molecule is C=C1C=C[C@@]2(C)C(=C1)[C@@H](F)C[C@H]1[C@@H]3C[C@H]4OC(CCC)O[C@@]4(C(=O)COCCC(C)C)[C@@]3(C)C[C@H](O)[C@@]12F. The summed E-state index contributed by atoms with van der Waals surface area (Å²) in [5.74, 6) is -0.986. The van der Waals surface area contributed by atoms with Crippen molar-refractivity contribution in [2.75, 3.05) is 13.2 Å². The van der Waals surface area contributed by atoms with Crippen molar-refractivity contribution in [2.45, 2.75) is 109 Å². The van der Waals surface area contributed by atoms with E-state index in [9.17, 15) is 9.90 Å². The molecule has 0 spiro atoms. The lowest BCUT2D eigenvalue weighted by Crippen LogP contribution is -2.70. The maximum atomic E-state index is 17.5. The molecule has 10 atom stereocenters. The molecular weight excluding hydrogens is 490 g/mol. The minimum atomic E-state index is -2.09.